The van der Waals surface area contributed by atoms with Crippen LogP contribution in [0, 0.1) is 5.92 Å². The Morgan fingerprint density at radius 2 is 2.00 bits per heavy atom. The molecule has 2 aromatic rings. The molecule has 0 amide bonds. The van der Waals surface area contributed by atoms with Gasteiger partial charge in [0, 0.05) is 15.8 Å². The second kappa shape index (κ2) is 7.28. The molecular formula is C17H22ClNS2. The minimum atomic E-state index is 0.311. The molecule has 2 heterocycles. The Hall–Kier alpha value is -0.350. The Kier molecular flexibility index (Phi) is 5.38. The smallest absolute Gasteiger partial charge is 0.0931 e. The fraction of sp³-hybridized carbons (Fsp3) is 0.529. The van der Waals surface area contributed by atoms with Crippen LogP contribution in [0.2, 0.25) is 4.34 Å². The summed E-state index contributed by atoms with van der Waals surface area (Å²) in [5.41, 5.74) is 0. The predicted octanol–water partition coefficient (Wildman–Crippen LogP) is 6.11. The van der Waals surface area contributed by atoms with Crippen LogP contribution in [0.1, 0.15) is 54.8 Å². The standard InChI is InChI=1S/C17H22ClNS2/c1-2-12-5-7-13(8-6-12)19-17(14-4-3-11-20-14)15-9-10-16(18)21-15/h3-4,9-13,17,19H,2,5-8H2,1H3. The number of rotatable bonds is 5. The highest BCUT2D eigenvalue weighted by atomic mass is 35.5. The largest absolute Gasteiger partial charge is 0.302 e. The third-order valence-electron chi connectivity index (χ3n) is 4.53. The van der Waals surface area contributed by atoms with Crippen molar-refractivity contribution in [3.63, 3.8) is 0 Å². The summed E-state index contributed by atoms with van der Waals surface area (Å²) in [5.74, 6) is 0.944. The van der Waals surface area contributed by atoms with E-state index in [4.69, 9.17) is 11.6 Å². The van der Waals surface area contributed by atoms with Crippen LogP contribution >= 0.6 is 34.3 Å². The van der Waals surface area contributed by atoms with Crippen LogP contribution in [-0.4, -0.2) is 6.04 Å². The lowest BCUT2D eigenvalue weighted by atomic mass is 9.84. The molecule has 0 aliphatic heterocycles. The van der Waals surface area contributed by atoms with Crippen molar-refractivity contribution in [2.24, 2.45) is 5.92 Å². The summed E-state index contributed by atoms with van der Waals surface area (Å²) in [4.78, 5) is 2.73. The minimum absolute atomic E-state index is 0.311. The highest BCUT2D eigenvalue weighted by molar-refractivity contribution is 7.16. The van der Waals surface area contributed by atoms with E-state index >= 15 is 0 Å². The number of hydrogen-bond donors (Lipinski definition) is 1. The Morgan fingerprint density at radius 3 is 2.57 bits per heavy atom. The molecule has 0 spiro atoms. The summed E-state index contributed by atoms with van der Waals surface area (Å²) in [6, 6.07) is 9.50. The van der Waals surface area contributed by atoms with Crippen LogP contribution in [0.15, 0.2) is 29.6 Å². The van der Waals surface area contributed by atoms with E-state index in [2.05, 4.69) is 35.8 Å². The number of hydrogen-bond acceptors (Lipinski definition) is 3. The van der Waals surface area contributed by atoms with E-state index in [1.165, 1.54) is 41.9 Å². The number of halogens is 1. The minimum Gasteiger partial charge on any atom is -0.302 e. The molecule has 114 valence electrons. The first-order valence-corrected chi connectivity index (χ1v) is 9.88. The first-order valence-electron chi connectivity index (χ1n) is 7.81. The molecule has 0 aromatic carbocycles. The van der Waals surface area contributed by atoms with Crippen molar-refractivity contribution in [3.8, 4) is 0 Å². The monoisotopic (exact) mass is 339 g/mol. The summed E-state index contributed by atoms with van der Waals surface area (Å²) in [6.45, 7) is 2.32. The molecule has 0 bridgehead atoms. The van der Waals surface area contributed by atoms with E-state index in [0.717, 1.165) is 10.3 Å². The van der Waals surface area contributed by atoms with Gasteiger partial charge < -0.3 is 5.32 Å². The molecule has 21 heavy (non-hydrogen) atoms. The lowest BCUT2D eigenvalue weighted by Crippen LogP contribution is -2.35. The van der Waals surface area contributed by atoms with Crippen molar-refractivity contribution >= 4 is 34.3 Å². The van der Waals surface area contributed by atoms with Crippen LogP contribution in [0.5, 0.6) is 0 Å². The van der Waals surface area contributed by atoms with Gasteiger partial charge in [-0.05, 0) is 55.2 Å². The summed E-state index contributed by atoms with van der Waals surface area (Å²) in [5, 5.41) is 6.05. The summed E-state index contributed by atoms with van der Waals surface area (Å²) in [6.07, 6.45) is 6.69. The molecule has 1 saturated carbocycles. The fourth-order valence-corrected chi connectivity index (χ4v) is 5.23. The summed E-state index contributed by atoms with van der Waals surface area (Å²) < 4.78 is 0.878. The average Bonchev–Trinajstić information content (AvgIpc) is 3.17. The number of thiophene rings is 2. The quantitative estimate of drug-likeness (QED) is 0.692. The first-order chi connectivity index (χ1) is 10.3. The zero-order chi connectivity index (χ0) is 14.7. The van der Waals surface area contributed by atoms with Crippen LogP contribution < -0.4 is 5.32 Å². The predicted molar refractivity (Wildman–Crippen MR) is 94.7 cm³/mol. The van der Waals surface area contributed by atoms with Gasteiger partial charge in [-0.25, -0.2) is 0 Å². The van der Waals surface area contributed by atoms with Crippen LogP contribution in [0.3, 0.4) is 0 Å². The zero-order valence-electron chi connectivity index (χ0n) is 12.3. The summed E-state index contributed by atoms with van der Waals surface area (Å²) >= 11 is 9.67. The molecule has 0 saturated heterocycles. The second-order valence-electron chi connectivity index (χ2n) is 5.88. The highest BCUT2D eigenvalue weighted by Crippen LogP contribution is 2.35. The van der Waals surface area contributed by atoms with Gasteiger partial charge in [-0.15, -0.1) is 22.7 Å². The fourth-order valence-electron chi connectivity index (χ4n) is 3.22. The van der Waals surface area contributed by atoms with E-state index in [1.807, 2.05) is 17.4 Å². The van der Waals surface area contributed by atoms with E-state index in [0.29, 0.717) is 12.1 Å². The topological polar surface area (TPSA) is 12.0 Å². The maximum Gasteiger partial charge on any atom is 0.0931 e. The lowest BCUT2D eigenvalue weighted by molar-refractivity contribution is 0.278. The molecule has 1 atom stereocenters. The molecular weight excluding hydrogens is 318 g/mol. The molecule has 4 heteroatoms. The molecule has 1 fully saturated rings. The van der Waals surface area contributed by atoms with Gasteiger partial charge in [0.2, 0.25) is 0 Å². The van der Waals surface area contributed by atoms with Gasteiger partial charge in [-0.1, -0.05) is 31.0 Å². The van der Waals surface area contributed by atoms with Crippen molar-refractivity contribution < 1.29 is 0 Å². The van der Waals surface area contributed by atoms with Crippen LogP contribution in [0.4, 0.5) is 0 Å². The summed E-state index contributed by atoms with van der Waals surface area (Å²) in [7, 11) is 0. The van der Waals surface area contributed by atoms with E-state index in [-0.39, 0.29) is 0 Å². The van der Waals surface area contributed by atoms with Gasteiger partial charge in [0.25, 0.3) is 0 Å². The lowest BCUT2D eigenvalue weighted by Gasteiger charge is -2.31. The van der Waals surface area contributed by atoms with E-state index in [1.54, 1.807) is 11.3 Å². The van der Waals surface area contributed by atoms with Crippen molar-refractivity contribution in [1.29, 1.82) is 0 Å². The third-order valence-corrected chi connectivity index (χ3v) is 6.77. The Bertz CT molecular complexity index is 541. The first kappa shape index (κ1) is 15.5. The maximum atomic E-state index is 6.14. The molecule has 2 aromatic heterocycles. The Morgan fingerprint density at radius 1 is 1.19 bits per heavy atom. The van der Waals surface area contributed by atoms with Crippen molar-refractivity contribution in [1.82, 2.24) is 5.32 Å². The SMILES string of the molecule is CCC1CCC(NC(c2cccs2)c2ccc(Cl)s2)CC1. The maximum absolute atomic E-state index is 6.14. The van der Waals surface area contributed by atoms with Gasteiger partial charge >= 0.3 is 0 Å². The molecule has 1 aliphatic carbocycles. The molecule has 1 aliphatic rings. The second-order valence-corrected chi connectivity index (χ2v) is 8.61. The number of nitrogens with one attached hydrogen (secondary N) is 1. The molecule has 1 nitrogen and oxygen atoms in total. The van der Waals surface area contributed by atoms with Gasteiger partial charge in [-0.3, -0.25) is 0 Å². The molecule has 1 N–H and O–H groups in total. The van der Waals surface area contributed by atoms with Crippen molar-refractivity contribution in [3.05, 3.63) is 43.7 Å². The third kappa shape index (κ3) is 3.89. The normalized spacial score (nSPS) is 24.1. The highest BCUT2D eigenvalue weighted by Gasteiger charge is 2.25. The molecule has 0 radical (unpaired) electrons. The van der Waals surface area contributed by atoms with E-state index < -0.39 is 0 Å². The Balaban J connectivity index is 1.72. The van der Waals surface area contributed by atoms with Gasteiger partial charge in [0.1, 0.15) is 0 Å². The van der Waals surface area contributed by atoms with Crippen LogP contribution in [0.25, 0.3) is 0 Å². The zero-order valence-corrected chi connectivity index (χ0v) is 14.7. The van der Waals surface area contributed by atoms with Gasteiger partial charge in [0.05, 0.1) is 10.4 Å². The van der Waals surface area contributed by atoms with E-state index in [9.17, 15) is 0 Å². The van der Waals surface area contributed by atoms with Crippen LogP contribution in [-0.2, 0) is 0 Å². The van der Waals surface area contributed by atoms with Crippen molar-refractivity contribution in [2.75, 3.05) is 0 Å². The Labute approximate surface area is 140 Å². The molecule has 1 unspecified atom stereocenters. The van der Waals surface area contributed by atoms with Gasteiger partial charge in [-0.2, -0.15) is 0 Å². The van der Waals surface area contributed by atoms with Gasteiger partial charge in [0.15, 0.2) is 0 Å². The average molecular weight is 340 g/mol. The van der Waals surface area contributed by atoms with Crippen molar-refractivity contribution in [2.45, 2.75) is 51.1 Å². The molecule has 3 rings (SSSR count).